The number of hydrogen-bond donors (Lipinski definition) is 1. The van der Waals surface area contributed by atoms with Crippen LogP contribution in [0.4, 0.5) is 0 Å². The molecule has 1 aliphatic rings. The molecule has 0 saturated heterocycles. The quantitative estimate of drug-likeness (QED) is 0.703. The van der Waals surface area contributed by atoms with Crippen molar-refractivity contribution in [3.63, 3.8) is 0 Å². The summed E-state index contributed by atoms with van der Waals surface area (Å²) in [7, 11) is 1.97. The molecule has 0 amide bonds. The summed E-state index contributed by atoms with van der Waals surface area (Å²) in [6, 6.07) is 4.40. The highest BCUT2D eigenvalue weighted by Crippen LogP contribution is 2.11. The number of aryl methyl sites for hydroxylation is 2. The van der Waals surface area contributed by atoms with Gasteiger partial charge in [-0.25, -0.2) is 0 Å². The van der Waals surface area contributed by atoms with Gasteiger partial charge in [-0.15, -0.1) is 0 Å². The normalized spacial score (nSPS) is 12.4. The van der Waals surface area contributed by atoms with Gasteiger partial charge < -0.3 is 10.1 Å². The maximum atomic E-state index is 9.78. The molecule has 0 saturated carbocycles. The Labute approximate surface area is 153 Å². The summed E-state index contributed by atoms with van der Waals surface area (Å²) < 4.78 is 4.58. The molecule has 4 nitrogen and oxygen atoms in total. The molecule has 0 radical (unpaired) electrons. The smallest absolute Gasteiger partial charge is 0.298 e. The van der Waals surface area contributed by atoms with Crippen molar-refractivity contribution in [1.29, 1.82) is 0 Å². The molecule has 0 spiro atoms. The molecule has 2 rings (SSSR count). The first-order valence-electron chi connectivity index (χ1n) is 8.78. The molecule has 1 N–H and O–H groups in total. The maximum absolute atomic E-state index is 9.78. The molecular formula is C21H34N2O2. The molecule has 0 atom stereocenters. The Bertz CT molecular complexity index is 551. The lowest BCUT2D eigenvalue weighted by Crippen LogP contribution is -2.11. The number of aromatic nitrogens is 1. The third-order valence-corrected chi connectivity index (χ3v) is 3.83. The third kappa shape index (κ3) is 9.82. The van der Waals surface area contributed by atoms with E-state index in [9.17, 15) is 4.79 Å². The van der Waals surface area contributed by atoms with Crippen molar-refractivity contribution in [2.24, 2.45) is 0 Å². The predicted octanol–water partition coefficient (Wildman–Crippen LogP) is 4.52. The highest BCUT2D eigenvalue weighted by atomic mass is 16.5. The lowest BCUT2D eigenvalue weighted by Gasteiger charge is -2.07. The van der Waals surface area contributed by atoms with Crippen LogP contribution in [0.2, 0.25) is 0 Å². The van der Waals surface area contributed by atoms with Crippen LogP contribution in [0.3, 0.4) is 0 Å². The summed E-state index contributed by atoms with van der Waals surface area (Å²) in [5.74, 6) is 0.663. The highest BCUT2D eigenvalue weighted by molar-refractivity contribution is 5.41. The molecule has 25 heavy (non-hydrogen) atoms. The Balaban J connectivity index is 0.000000495. The number of likely N-dealkylation sites (N-methyl/N-ethyl adjacent to an activating group) is 1. The van der Waals surface area contributed by atoms with Crippen LogP contribution in [-0.4, -0.2) is 25.0 Å². The summed E-state index contributed by atoms with van der Waals surface area (Å²) in [5.41, 5.74) is 3.81. The SMILES string of the molecule is C.CCCCc1ccc(CCNC)nc1C.O=COC1=CCCC=C1. The van der Waals surface area contributed by atoms with Crippen LogP contribution < -0.4 is 5.32 Å². The first-order valence-corrected chi connectivity index (χ1v) is 8.78. The van der Waals surface area contributed by atoms with Gasteiger partial charge >= 0.3 is 0 Å². The Hall–Kier alpha value is -1.94. The van der Waals surface area contributed by atoms with Crippen LogP contribution in [0.5, 0.6) is 0 Å². The fourth-order valence-corrected chi connectivity index (χ4v) is 2.40. The molecule has 1 aliphatic carbocycles. The Morgan fingerprint density at radius 1 is 1.28 bits per heavy atom. The first kappa shape index (κ1) is 23.1. The van der Waals surface area contributed by atoms with E-state index in [1.165, 1.54) is 36.2 Å². The number of pyridine rings is 1. The zero-order chi connectivity index (χ0) is 17.6. The maximum Gasteiger partial charge on any atom is 0.298 e. The number of nitrogens with zero attached hydrogens (tertiary/aromatic N) is 1. The monoisotopic (exact) mass is 346 g/mol. The van der Waals surface area contributed by atoms with Gasteiger partial charge in [-0.05, 0) is 63.4 Å². The topological polar surface area (TPSA) is 51.2 Å². The van der Waals surface area contributed by atoms with Crippen molar-refractivity contribution >= 4 is 6.47 Å². The van der Waals surface area contributed by atoms with Crippen LogP contribution in [0.15, 0.2) is 36.1 Å². The van der Waals surface area contributed by atoms with E-state index >= 15 is 0 Å². The van der Waals surface area contributed by atoms with E-state index in [1.54, 1.807) is 6.08 Å². The summed E-state index contributed by atoms with van der Waals surface area (Å²) in [6.07, 6.45) is 12.4. The van der Waals surface area contributed by atoms with Crippen LogP contribution in [0.1, 0.15) is 57.0 Å². The van der Waals surface area contributed by atoms with E-state index in [2.05, 4.69) is 41.0 Å². The average Bonchev–Trinajstić information content (AvgIpc) is 2.61. The lowest BCUT2D eigenvalue weighted by atomic mass is 10.1. The van der Waals surface area contributed by atoms with Gasteiger partial charge in [0.25, 0.3) is 6.47 Å². The third-order valence-electron chi connectivity index (χ3n) is 3.83. The van der Waals surface area contributed by atoms with E-state index in [4.69, 9.17) is 0 Å². The van der Waals surface area contributed by atoms with Gasteiger partial charge in [0.2, 0.25) is 0 Å². The largest absolute Gasteiger partial charge is 0.429 e. The molecule has 140 valence electrons. The molecule has 0 aliphatic heterocycles. The minimum atomic E-state index is 0. The van der Waals surface area contributed by atoms with Crippen molar-refractivity contribution < 1.29 is 9.53 Å². The molecule has 0 unspecified atom stereocenters. The van der Waals surface area contributed by atoms with Crippen LogP contribution in [0, 0.1) is 6.92 Å². The molecule has 0 fully saturated rings. The van der Waals surface area contributed by atoms with Crippen LogP contribution in [-0.2, 0) is 22.4 Å². The van der Waals surface area contributed by atoms with Gasteiger partial charge in [0.1, 0.15) is 5.76 Å². The van der Waals surface area contributed by atoms with Crippen molar-refractivity contribution in [2.75, 3.05) is 13.6 Å². The Kier molecular flexibility index (Phi) is 13.3. The summed E-state index contributed by atoms with van der Waals surface area (Å²) in [5, 5.41) is 3.14. The Morgan fingerprint density at radius 3 is 2.64 bits per heavy atom. The molecular weight excluding hydrogens is 312 g/mol. The summed E-state index contributed by atoms with van der Waals surface area (Å²) >= 11 is 0. The summed E-state index contributed by atoms with van der Waals surface area (Å²) in [6.45, 7) is 5.79. The second kappa shape index (κ2) is 14.4. The minimum absolute atomic E-state index is 0. The van der Waals surface area contributed by atoms with E-state index in [-0.39, 0.29) is 7.43 Å². The number of allylic oxidation sites excluding steroid dienone is 3. The molecule has 1 aromatic rings. The molecule has 0 bridgehead atoms. The number of ether oxygens (including phenoxy) is 1. The highest BCUT2D eigenvalue weighted by Gasteiger charge is 2.01. The number of unbranched alkanes of at least 4 members (excludes halogenated alkanes) is 1. The second-order valence-corrected chi connectivity index (χ2v) is 5.80. The number of nitrogens with one attached hydrogen (secondary N) is 1. The van der Waals surface area contributed by atoms with Gasteiger partial charge in [-0.1, -0.05) is 32.9 Å². The van der Waals surface area contributed by atoms with E-state index < -0.39 is 0 Å². The Morgan fingerprint density at radius 2 is 2.08 bits per heavy atom. The van der Waals surface area contributed by atoms with Crippen molar-refractivity contribution in [1.82, 2.24) is 10.3 Å². The predicted molar refractivity (Wildman–Crippen MR) is 106 cm³/mol. The van der Waals surface area contributed by atoms with Crippen molar-refractivity contribution in [3.05, 3.63) is 53.1 Å². The fraction of sp³-hybridized carbons (Fsp3) is 0.524. The van der Waals surface area contributed by atoms with Crippen molar-refractivity contribution in [2.45, 2.75) is 59.8 Å². The van der Waals surface area contributed by atoms with Crippen molar-refractivity contribution in [3.8, 4) is 0 Å². The van der Waals surface area contributed by atoms with Crippen LogP contribution in [0.25, 0.3) is 0 Å². The zero-order valence-corrected chi connectivity index (χ0v) is 15.2. The van der Waals surface area contributed by atoms with Gasteiger partial charge in [-0.2, -0.15) is 0 Å². The number of rotatable bonds is 8. The molecule has 1 aromatic heterocycles. The fourth-order valence-electron chi connectivity index (χ4n) is 2.40. The van der Waals surface area contributed by atoms with E-state index in [1.807, 2.05) is 19.2 Å². The van der Waals surface area contributed by atoms with E-state index in [0.717, 1.165) is 25.8 Å². The summed E-state index contributed by atoms with van der Waals surface area (Å²) in [4.78, 5) is 14.4. The van der Waals surface area contributed by atoms with Gasteiger partial charge in [0.15, 0.2) is 0 Å². The standard InChI is InChI=1S/C13H22N2.C7H8O2.CH4/c1-4-5-6-12-7-8-13(9-10-14-3)15-11(12)2;8-6-9-7-4-2-1-3-5-7;/h7-8,14H,4-6,9-10H2,1-3H3;2,4-6H,1,3H2;1H4. The minimum Gasteiger partial charge on any atom is -0.429 e. The second-order valence-electron chi connectivity index (χ2n) is 5.80. The lowest BCUT2D eigenvalue weighted by molar-refractivity contribution is -0.124. The van der Waals surface area contributed by atoms with Gasteiger partial charge in [-0.3, -0.25) is 9.78 Å². The number of carbonyl (C=O) groups is 1. The first-order chi connectivity index (χ1) is 11.7. The van der Waals surface area contributed by atoms with Gasteiger partial charge in [0.05, 0.1) is 0 Å². The van der Waals surface area contributed by atoms with Crippen LogP contribution >= 0.6 is 0 Å². The number of carbonyl (C=O) groups excluding carboxylic acids is 1. The average molecular weight is 347 g/mol. The zero-order valence-electron chi connectivity index (χ0n) is 15.2. The molecule has 4 heteroatoms. The van der Waals surface area contributed by atoms with E-state index in [0.29, 0.717) is 12.2 Å². The number of hydrogen-bond acceptors (Lipinski definition) is 4. The molecule has 0 aromatic carbocycles. The van der Waals surface area contributed by atoms with Gasteiger partial charge in [0, 0.05) is 24.4 Å². The molecule has 1 heterocycles.